The molecule has 2 saturated heterocycles. The maximum Gasteiger partial charge on any atom is 0.0285 e. The Bertz CT molecular complexity index is 238. The number of hydrogen-bond donors (Lipinski definition) is 0. The van der Waals surface area contributed by atoms with Gasteiger partial charge in [0.2, 0.25) is 0 Å². The maximum atomic E-state index is 4.07. The van der Waals surface area contributed by atoms with E-state index in [1.54, 1.807) is 0 Å². The minimum absolute atomic E-state index is 0.635. The molecule has 0 aliphatic carbocycles. The lowest BCUT2D eigenvalue weighted by Crippen LogP contribution is -2.14. The molecule has 4 heteroatoms. The first-order valence-corrected chi connectivity index (χ1v) is 6.29. The molecule has 16 heavy (non-hydrogen) atoms. The van der Waals surface area contributed by atoms with Crippen molar-refractivity contribution >= 4 is 12.4 Å². The first-order valence-electron chi connectivity index (χ1n) is 6.29. The van der Waals surface area contributed by atoms with Gasteiger partial charge in [-0.15, -0.1) is 0 Å². The minimum Gasteiger partial charge on any atom is -0.298 e. The zero-order valence-electron chi connectivity index (χ0n) is 10.3. The van der Waals surface area contributed by atoms with Crippen molar-refractivity contribution in [3.8, 4) is 0 Å². The van der Waals surface area contributed by atoms with E-state index in [2.05, 4.69) is 33.9 Å². The second-order valence-corrected chi connectivity index (χ2v) is 4.84. The Balaban J connectivity index is 1.54. The average molecular weight is 222 g/mol. The van der Waals surface area contributed by atoms with Crippen LogP contribution in [0.5, 0.6) is 0 Å². The van der Waals surface area contributed by atoms with Crippen LogP contribution < -0.4 is 0 Å². The van der Waals surface area contributed by atoms with E-state index in [0.29, 0.717) is 12.1 Å². The molecule has 4 nitrogen and oxygen atoms in total. The van der Waals surface area contributed by atoms with Crippen molar-refractivity contribution in [1.82, 2.24) is 9.80 Å². The van der Waals surface area contributed by atoms with E-state index in [0.717, 1.165) is 12.8 Å². The molecule has 0 aromatic heterocycles. The summed E-state index contributed by atoms with van der Waals surface area (Å²) >= 11 is 0. The van der Waals surface area contributed by atoms with E-state index in [4.69, 9.17) is 0 Å². The molecular formula is C12H22N4. The van der Waals surface area contributed by atoms with Gasteiger partial charge in [-0.3, -0.25) is 9.80 Å². The molecule has 90 valence electrons. The number of hydrogen-bond acceptors (Lipinski definition) is 4. The summed E-state index contributed by atoms with van der Waals surface area (Å²) in [6, 6.07) is 1.27. The Labute approximate surface area is 98.0 Å². The second-order valence-electron chi connectivity index (χ2n) is 4.84. The van der Waals surface area contributed by atoms with Crippen LogP contribution in [0.2, 0.25) is 0 Å². The van der Waals surface area contributed by atoms with Crippen LogP contribution in [-0.4, -0.2) is 60.5 Å². The molecule has 2 heterocycles. The fourth-order valence-corrected chi connectivity index (χ4v) is 1.79. The van der Waals surface area contributed by atoms with Crippen molar-refractivity contribution in [1.29, 1.82) is 0 Å². The molecular weight excluding hydrogens is 200 g/mol. The molecule has 0 N–H and O–H groups in total. The van der Waals surface area contributed by atoms with Crippen LogP contribution in [0.1, 0.15) is 26.7 Å². The van der Waals surface area contributed by atoms with E-state index >= 15 is 0 Å². The zero-order chi connectivity index (χ0) is 11.4. The van der Waals surface area contributed by atoms with Gasteiger partial charge < -0.3 is 0 Å². The Morgan fingerprint density at radius 2 is 1.25 bits per heavy atom. The standard InChI is InChI=1S/C12H22N4/c1-11(15-7-8-15)3-5-13-14-6-4-12(2)16-9-10-16/h5-6,11-12H,3-4,7-10H2,1-2H3/b13-5+,14-6+. The Kier molecular flexibility index (Phi) is 4.07. The third kappa shape index (κ3) is 4.02. The first-order chi connectivity index (χ1) is 7.77. The normalized spacial score (nSPS) is 25.4. The lowest BCUT2D eigenvalue weighted by atomic mass is 10.2. The summed E-state index contributed by atoms with van der Waals surface area (Å²) in [7, 11) is 0. The van der Waals surface area contributed by atoms with E-state index < -0.39 is 0 Å². The monoisotopic (exact) mass is 222 g/mol. The smallest absolute Gasteiger partial charge is 0.0285 e. The van der Waals surface area contributed by atoms with Gasteiger partial charge in [-0.2, -0.15) is 10.2 Å². The van der Waals surface area contributed by atoms with Gasteiger partial charge in [-0.1, -0.05) is 0 Å². The summed E-state index contributed by atoms with van der Waals surface area (Å²) in [4.78, 5) is 4.86. The molecule has 0 radical (unpaired) electrons. The third-order valence-corrected chi connectivity index (χ3v) is 3.33. The summed E-state index contributed by atoms with van der Waals surface area (Å²) in [6.45, 7) is 9.50. The molecule has 0 amide bonds. The van der Waals surface area contributed by atoms with Gasteiger partial charge in [0.15, 0.2) is 0 Å². The van der Waals surface area contributed by atoms with Gasteiger partial charge in [0, 0.05) is 50.7 Å². The number of nitrogens with zero attached hydrogens (tertiary/aromatic N) is 4. The van der Waals surface area contributed by atoms with Crippen molar-refractivity contribution in [2.24, 2.45) is 10.2 Å². The van der Waals surface area contributed by atoms with Crippen LogP contribution in [0.4, 0.5) is 0 Å². The predicted octanol–water partition coefficient (Wildman–Crippen LogP) is 1.23. The van der Waals surface area contributed by atoms with Crippen molar-refractivity contribution in [3.63, 3.8) is 0 Å². The Morgan fingerprint density at radius 1 is 0.875 bits per heavy atom. The van der Waals surface area contributed by atoms with Gasteiger partial charge in [0.25, 0.3) is 0 Å². The molecule has 2 fully saturated rings. The summed E-state index contributed by atoms with van der Waals surface area (Å²) in [5.74, 6) is 0. The van der Waals surface area contributed by atoms with Crippen LogP contribution in [0.25, 0.3) is 0 Å². The fraction of sp³-hybridized carbons (Fsp3) is 0.833. The van der Waals surface area contributed by atoms with Crippen LogP contribution in [0.3, 0.4) is 0 Å². The molecule has 0 aromatic carbocycles. The fourth-order valence-electron chi connectivity index (χ4n) is 1.79. The van der Waals surface area contributed by atoms with E-state index in [1.807, 2.05) is 12.4 Å². The van der Waals surface area contributed by atoms with Crippen LogP contribution in [0, 0.1) is 0 Å². The SMILES string of the molecule is CC(C/C=N/N=C/CC(C)N1CC1)N1CC1. The van der Waals surface area contributed by atoms with Crippen LogP contribution >= 0.6 is 0 Å². The summed E-state index contributed by atoms with van der Waals surface area (Å²) in [5.41, 5.74) is 0. The molecule has 2 atom stereocenters. The second kappa shape index (κ2) is 5.55. The van der Waals surface area contributed by atoms with Crippen molar-refractivity contribution in [2.75, 3.05) is 26.2 Å². The molecule has 2 aliphatic heterocycles. The lowest BCUT2D eigenvalue weighted by molar-refractivity contribution is 0.440. The van der Waals surface area contributed by atoms with E-state index in [-0.39, 0.29) is 0 Å². The molecule has 2 rings (SSSR count). The van der Waals surface area contributed by atoms with Crippen molar-refractivity contribution in [2.45, 2.75) is 38.8 Å². The van der Waals surface area contributed by atoms with Crippen LogP contribution in [-0.2, 0) is 0 Å². The van der Waals surface area contributed by atoms with Gasteiger partial charge in [0.05, 0.1) is 0 Å². The highest BCUT2D eigenvalue weighted by molar-refractivity contribution is 5.62. The van der Waals surface area contributed by atoms with Crippen LogP contribution in [0.15, 0.2) is 10.2 Å². The topological polar surface area (TPSA) is 30.7 Å². The highest BCUT2D eigenvalue weighted by Crippen LogP contribution is 2.12. The van der Waals surface area contributed by atoms with E-state index in [9.17, 15) is 0 Å². The summed E-state index contributed by atoms with van der Waals surface area (Å²) < 4.78 is 0. The predicted molar refractivity (Wildman–Crippen MR) is 68.3 cm³/mol. The number of rotatable bonds is 7. The molecule has 0 bridgehead atoms. The maximum absolute atomic E-state index is 4.07. The molecule has 0 saturated carbocycles. The molecule has 0 aromatic rings. The summed E-state index contributed by atoms with van der Waals surface area (Å²) in [6.07, 6.45) is 5.89. The highest BCUT2D eigenvalue weighted by atomic mass is 15.3. The lowest BCUT2D eigenvalue weighted by Gasteiger charge is -2.07. The van der Waals surface area contributed by atoms with Crippen molar-refractivity contribution < 1.29 is 0 Å². The van der Waals surface area contributed by atoms with Gasteiger partial charge in [-0.25, -0.2) is 0 Å². The summed E-state index contributed by atoms with van der Waals surface area (Å²) in [5, 5.41) is 8.14. The third-order valence-electron chi connectivity index (χ3n) is 3.33. The first kappa shape index (κ1) is 11.7. The van der Waals surface area contributed by atoms with Gasteiger partial charge in [0.1, 0.15) is 0 Å². The highest BCUT2D eigenvalue weighted by Gasteiger charge is 2.23. The quantitative estimate of drug-likeness (QED) is 0.368. The molecule has 2 aliphatic rings. The molecule has 2 unspecified atom stereocenters. The minimum atomic E-state index is 0.635. The van der Waals surface area contributed by atoms with Gasteiger partial charge in [-0.05, 0) is 26.7 Å². The largest absolute Gasteiger partial charge is 0.298 e. The Morgan fingerprint density at radius 3 is 1.56 bits per heavy atom. The van der Waals surface area contributed by atoms with E-state index in [1.165, 1.54) is 26.2 Å². The Hall–Kier alpha value is -0.740. The zero-order valence-corrected chi connectivity index (χ0v) is 10.3. The van der Waals surface area contributed by atoms with Gasteiger partial charge >= 0.3 is 0 Å². The van der Waals surface area contributed by atoms with Crippen molar-refractivity contribution in [3.05, 3.63) is 0 Å². The molecule has 0 spiro atoms. The average Bonchev–Trinajstić information content (AvgIpc) is 3.15.